The number of H-pyrrole nitrogens is 2. The van der Waals surface area contributed by atoms with Crippen molar-refractivity contribution >= 4 is 0 Å². The zero-order valence-electron chi connectivity index (χ0n) is 7.65. The van der Waals surface area contributed by atoms with Gasteiger partial charge in [-0.1, -0.05) is 17.0 Å². The lowest BCUT2D eigenvalue weighted by molar-refractivity contribution is 1.01. The van der Waals surface area contributed by atoms with Crippen molar-refractivity contribution in [3.63, 3.8) is 0 Å². The molecule has 0 unspecified atom stereocenters. The molecule has 0 saturated heterocycles. The van der Waals surface area contributed by atoms with Gasteiger partial charge in [-0.25, -0.2) is 4.79 Å². The first-order chi connectivity index (χ1) is 7.24. The number of nitrogens with one attached hydrogen (secondary N) is 2. The van der Waals surface area contributed by atoms with Crippen LogP contribution < -0.4 is 11.2 Å². The Kier molecular flexibility index (Phi) is 3.77. The molecule has 7 heteroatoms. The van der Waals surface area contributed by atoms with Crippen LogP contribution in [-0.2, 0) is 0 Å². The molecule has 0 radical (unpaired) electrons. The molecule has 0 atom stereocenters. The van der Waals surface area contributed by atoms with E-state index in [1.165, 1.54) is 6.20 Å². The fraction of sp³-hybridized carbons (Fsp3) is 0.250. The minimum absolute atomic E-state index is 0.176. The van der Waals surface area contributed by atoms with Gasteiger partial charge in [-0.3, -0.25) is 9.78 Å². The first kappa shape index (κ1) is 10.6. The number of azide groups is 1. The summed E-state index contributed by atoms with van der Waals surface area (Å²) in [4.78, 5) is 28.6. The second-order valence-electron chi connectivity index (χ2n) is 2.49. The molecular formula is C8H7N5O2. The SMILES string of the molecule is [N-]=[N+]=NCCC#Cc1c[nH]c(=O)[nH]c1=O. The molecule has 0 fully saturated rings. The molecule has 1 aromatic heterocycles. The van der Waals surface area contributed by atoms with E-state index in [1.807, 2.05) is 4.98 Å². The summed E-state index contributed by atoms with van der Waals surface area (Å²) < 4.78 is 0. The third-order valence-corrected chi connectivity index (χ3v) is 1.44. The maximum Gasteiger partial charge on any atom is 0.325 e. The predicted octanol–water partition coefficient (Wildman–Crippen LogP) is 0.115. The van der Waals surface area contributed by atoms with Crippen molar-refractivity contribution in [2.75, 3.05) is 6.54 Å². The number of nitrogens with zero attached hydrogens (tertiary/aromatic N) is 3. The van der Waals surface area contributed by atoms with Crippen molar-refractivity contribution in [1.82, 2.24) is 9.97 Å². The molecule has 0 aliphatic rings. The van der Waals surface area contributed by atoms with E-state index in [0.717, 1.165) is 0 Å². The molecule has 0 aliphatic heterocycles. The van der Waals surface area contributed by atoms with Gasteiger partial charge in [0.1, 0.15) is 5.56 Å². The van der Waals surface area contributed by atoms with Gasteiger partial charge in [-0.05, 0) is 5.53 Å². The minimum atomic E-state index is -0.570. The summed E-state index contributed by atoms with van der Waals surface area (Å²) in [7, 11) is 0. The average molecular weight is 205 g/mol. The maximum atomic E-state index is 11.1. The van der Waals surface area contributed by atoms with Crippen LogP contribution in [0, 0.1) is 11.8 Å². The Labute approximate surface area is 83.8 Å². The van der Waals surface area contributed by atoms with Crippen LogP contribution in [0.5, 0.6) is 0 Å². The predicted molar refractivity (Wildman–Crippen MR) is 53.2 cm³/mol. The van der Waals surface area contributed by atoms with Crippen LogP contribution in [0.15, 0.2) is 20.9 Å². The number of aromatic nitrogens is 2. The number of hydrogen-bond donors (Lipinski definition) is 2. The van der Waals surface area contributed by atoms with E-state index in [4.69, 9.17) is 5.53 Å². The molecule has 1 heterocycles. The lowest BCUT2D eigenvalue weighted by Gasteiger charge is -1.86. The molecule has 0 spiro atoms. The molecule has 1 rings (SSSR count). The molecule has 7 nitrogen and oxygen atoms in total. The molecule has 0 bridgehead atoms. The second-order valence-corrected chi connectivity index (χ2v) is 2.49. The van der Waals surface area contributed by atoms with Crippen molar-refractivity contribution in [2.45, 2.75) is 6.42 Å². The highest BCUT2D eigenvalue weighted by Gasteiger charge is 1.93. The van der Waals surface area contributed by atoms with Gasteiger partial charge in [0.05, 0.1) is 0 Å². The average Bonchev–Trinajstić information content (AvgIpc) is 2.20. The zero-order chi connectivity index (χ0) is 11.1. The smallest absolute Gasteiger partial charge is 0.313 e. The summed E-state index contributed by atoms with van der Waals surface area (Å²) in [6.07, 6.45) is 1.60. The fourth-order valence-electron chi connectivity index (χ4n) is 0.811. The standard InChI is InChI=1S/C8H7N5O2/c9-13-11-4-2-1-3-6-5-10-8(15)12-7(6)14/h5H,2,4H2,(H2,10,12,14,15). The Morgan fingerprint density at radius 2 is 2.33 bits per heavy atom. The lowest BCUT2D eigenvalue weighted by atomic mass is 10.3. The van der Waals surface area contributed by atoms with Crippen LogP contribution in [-0.4, -0.2) is 16.5 Å². The van der Waals surface area contributed by atoms with Crippen LogP contribution in [0.25, 0.3) is 10.4 Å². The molecule has 0 saturated carbocycles. The third-order valence-electron chi connectivity index (χ3n) is 1.44. The van der Waals surface area contributed by atoms with Crippen LogP contribution in [0.2, 0.25) is 0 Å². The van der Waals surface area contributed by atoms with E-state index >= 15 is 0 Å². The van der Waals surface area contributed by atoms with Gasteiger partial charge in [0, 0.05) is 24.1 Å². The van der Waals surface area contributed by atoms with E-state index < -0.39 is 11.2 Å². The molecule has 0 amide bonds. The summed E-state index contributed by atoms with van der Waals surface area (Å²) in [6.45, 7) is 0.255. The molecular weight excluding hydrogens is 198 g/mol. The van der Waals surface area contributed by atoms with Crippen molar-refractivity contribution < 1.29 is 0 Å². The first-order valence-electron chi connectivity index (χ1n) is 4.06. The van der Waals surface area contributed by atoms with Gasteiger partial charge in [0.15, 0.2) is 0 Å². The Morgan fingerprint density at radius 3 is 3.00 bits per heavy atom. The van der Waals surface area contributed by atoms with Gasteiger partial charge in [0.2, 0.25) is 0 Å². The fourth-order valence-corrected chi connectivity index (χ4v) is 0.811. The highest BCUT2D eigenvalue weighted by atomic mass is 16.2. The second kappa shape index (κ2) is 5.32. The Hall–Kier alpha value is -2.45. The molecule has 76 valence electrons. The Balaban J connectivity index is 2.76. The number of aromatic amines is 2. The molecule has 0 aromatic carbocycles. The zero-order valence-corrected chi connectivity index (χ0v) is 7.65. The van der Waals surface area contributed by atoms with Crippen molar-refractivity contribution in [1.29, 1.82) is 0 Å². The van der Waals surface area contributed by atoms with E-state index in [9.17, 15) is 9.59 Å². The monoisotopic (exact) mass is 205 g/mol. The summed E-state index contributed by atoms with van der Waals surface area (Å²) in [6, 6.07) is 0. The Bertz CT molecular complexity index is 553. The highest BCUT2D eigenvalue weighted by molar-refractivity contribution is 5.28. The van der Waals surface area contributed by atoms with Gasteiger partial charge in [-0.2, -0.15) is 0 Å². The van der Waals surface area contributed by atoms with Crippen molar-refractivity contribution in [3.05, 3.63) is 43.0 Å². The summed E-state index contributed by atoms with van der Waals surface area (Å²) >= 11 is 0. The normalized spacial score (nSPS) is 8.53. The van der Waals surface area contributed by atoms with Gasteiger partial charge in [-0.15, -0.1) is 0 Å². The summed E-state index contributed by atoms with van der Waals surface area (Å²) in [5.41, 5.74) is 7.05. The Morgan fingerprint density at radius 1 is 1.53 bits per heavy atom. The van der Waals surface area contributed by atoms with Gasteiger partial charge < -0.3 is 4.98 Å². The topological polar surface area (TPSA) is 114 Å². The molecule has 2 N–H and O–H groups in total. The lowest BCUT2D eigenvalue weighted by Crippen LogP contribution is -2.23. The number of hydrogen-bond acceptors (Lipinski definition) is 3. The quantitative estimate of drug-likeness (QED) is 0.234. The van der Waals surface area contributed by atoms with Crippen LogP contribution in [0.1, 0.15) is 12.0 Å². The van der Waals surface area contributed by atoms with Crippen LogP contribution in [0.4, 0.5) is 0 Å². The number of rotatable bonds is 2. The molecule has 1 aromatic rings. The summed E-state index contributed by atoms with van der Waals surface area (Å²) in [5.74, 6) is 5.19. The van der Waals surface area contributed by atoms with Crippen LogP contribution in [0.3, 0.4) is 0 Å². The minimum Gasteiger partial charge on any atom is -0.313 e. The van der Waals surface area contributed by atoms with E-state index in [1.54, 1.807) is 0 Å². The van der Waals surface area contributed by atoms with E-state index in [0.29, 0.717) is 6.42 Å². The first-order valence-corrected chi connectivity index (χ1v) is 4.06. The van der Waals surface area contributed by atoms with E-state index in [-0.39, 0.29) is 12.1 Å². The third kappa shape index (κ3) is 3.42. The van der Waals surface area contributed by atoms with Crippen molar-refractivity contribution in [3.8, 4) is 11.8 Å². The molecule has 15 heavy (non-hydrogen) atoms. The molecule has 0 aliphatic carbocycles. The maximum absolute atomic E-state index is 11.1. The van der Waals surface area contributed by atoms with E-state index in [2.05, 4.69) is 26.9 Å². The van der Waals surface area contributed by atoms with Gasteiger partial charge >= 0.3 is 5.69 Å². The van der Waals surface area contributed by atoms with Crippen molar-refractivity contribution in [2.24, 2.45) is 5.11 Å². The van der Waals surface area contributed by atoms with Crippen LogP contribution >= 0.6 is 0 Å². The summed E-state index contributed by atoms with van der Waals surface area (Å²) in [5, 5.41) is 3.27. The largest absolute Gasteiger partial charge is 0.325 e. The highest BCUT2D eigenvalue weighted by Crippen LogP contribution is 1.82. The van der Waals surface area contributed by atoms with Gasteiger partial charge in [0.25, 0.3) is 5.56 Å².